The van der Waals surface area contributed by atoms with E-state index in [0.29, 0.717) is 18.5 Å². The number of sulfone groups is 1. The lowest BCUT2D eigenvalue weighted by molar-refractivity contribution is 0.0955. The molecule has 3 aromatic rings. The van der Waals surface area contributed by atoms with Crippen molar-refractivity contribution in [2.45, 2.75) is 20.3 Å². The van der Waals surface area contributed by atoms with E-state index in [2.05, 4.69) is 11.4 Å². The molecule has 0 aliphatic carbocycles. The Kier molecular flexibility index (Phi) is 5.79. The molecule has 3 rings (SSSR count). The van der Waals surface area contributed by atoms with Crippen molar-refractivity contribution >= 4 is 26.6 Å². The van der Waals surface area contributed by atoms with Crippen LogP contribution in [0.1, 0.15) is 27.9 Å². The molecule has 6 heteroatoms. The molecule has 5 nitrogen and oxygen atoms in total. The van der Waals surface area contributed by atoms with Crippen molar-refractivity contribution in [2.24, 2.45) is 0 Å². The van der Waals surface area contributed by atoms with E-state index in [1.165, 1.54) is 11.8 Å². The zero-order valence-corrected chi connectivity index (χ0v) is 17.1. The van der Waals surface area contributed by atoms with E-state index in [9.17, 15) is 13.2 Å². The monoisotopic (exact) mass is 396 g/mol. The summed E-state index contributed by atoms with van der Waals surface area (Å²) in [7, 11) is -3.03. The van der Waals surface area contributed by atoms with Gasteiger partial charge in [-0.1, -0.05) is 42.0 Å². The van der Waals surface area contributed by atoms with Crippen LogP contribution in [0.3, 0.4) is 0 Å². The highest BCUT2D eigenvalue weighted by molar-refractivity contribution is 7.90. The molecular weight excluding hydrogens is 372 g/mol. The summed E-state index contributed by atoms with van der Waals surface area (Å²) in [6.07, 6.45) is 1.58. The van der Waals surface area contributed by atoms with Crippen LogP contribution in [0.2, 0.25) is 0 Å². The van der Waals surface area contributed by atoms with Crippen molar-refractivity contribution in [2.75, 3.05) is 18.6 Å². The number of carbonyl (C=O) groups excluding carboxylic acids is 1. The molecular formula is C22H24N2O3S. The molecule has 1 heterocycles. The number of fused-ring (bicyclic) bond motifs is 1. The number of aromatic nitrogens is 1. The summed E-state index contributed by atoms with van der Waals surface area (Å²) in [4.78, 5) is 17.6. The first-order valence-corrected chi connectivity index (χ1v) is 11.2. The van der Waals surface area contributed by atoms with Gasteiger partial charge in [-0.25, -0.2) is 13.4 Å². The zero-order chi connectivity index (χ0) is 20.3. The molecule has 1 aromatic heterocycles. The summed E-state index contributed by atoms with van der Waals surface area (Å²) in [5, 5.41) is 3.61. The van der Waals surface area contributed by atoms with Crippen LogP contribution in [0.25, 0.3) is 22.2 Å². The zero-order valence-electron chi connectivity index (χ0n) is 16.3. The molecule has 0 aliphatic heterocycles. The molecule has 0 unspecified atom stereocenters. The maximum atomic E-state index is 12.8. The fourth-order valence-corrected chi connectivity index (χ4v) is 3.90. The topological polar surface area (TPSA) is 76.1 Å². The SMILES string of the molecule is Cc1ccc(-c2cc(C(=O)NCCCS(C)(=O)=O)c3ccccc3n2)c(C)c1. The number of carbonyl (C=O) groups is 1. The van der Waals surface area contributed by atoms with Gasteiger partial charge in [-0.3, -0.25) is 4.79 Å². The van der Waals surface area contributed by atoms with Crippen LogP contribution in [0, 0.1) is 13.8 Å². The van der Waals surface area contributed by atoms with Crippen molar-refractivity contribution < 1.29 is 13.2 Å². The molecule has 0 saturated heterocycles. The first-order chi connectivity index (χ1) is 13.2. The van der Waals surface area contributed by atoms with Crippen LogP contribution in [0.15, 0.2) is 48.5 Å². The van der Waals surface area contributed by atoms with E-state index in [-0.39, 0.29) is 11.7 Å². The maximum absolute atomic E-state index is 12.8. The van der Waals surface area contributed by atoms with E-state index in [1.54, 1.807) is 0 Å². The van der Waals surface area contributed by atoms with Gasteiger partial charge < -0.3 is 5.32 Å². The largest absolute Gasteiger partial charge is 0.352 e. The smallest absolute Gasteiger partial charge is 0.252 e. The van der Waals surface area contributed by atoms with Crippen molar-refractivity contribution in [3.63, 3.8) is 0 Å². The van der Waals surface area contributed by atoms with Crippen molar-refractivity contribution in [3.05, 3.63) is 65.2 Å². The van der Waals surface area contributed by atoms with E-state index in [0.717, 1.165) is 27.7 Å². The van der Waals surface area contributed by atoms with E-state index < -0.39 is 9.84 Å². The molecule has 28 heavy (non-hydrogen) atoms. The van der Waals surface area contributed by atoms with E-state index in [1.807, 2.05) is 56.3 Å². The van der Waals surface area contributed by atoms with Crippen LogP contribution in [0.4, 0.5) is 0 Å². The molecule has 0 atom stereocenters. The highest BCUT2D eigenvalue weighted by atomic mass is 32.2. The van der Waals surface area contributed by atoms with Gasteiger partial charge in [-0.05, 0) is 38.0 Å². The Hall–Kier alpha value is -2.73. The van der Waals surface area contributed by atoms with Crippen molar-refractivity contribution in [1.82, 2.24) is 10.3 Å². The molecule has 1 amide bonds. The van der Waals surface area contributed by atoms with E-state index >= 15 is 0 Å². The first-order valence-electron chi connectivity index (χ1n) is 9.18. The van der Waals surface area contributed by atoms with Gasteiger partial charge in [0.05, 0.1) is 22.5 Å². The maximum Gasteiger partial charge on any atom is 0.252 e. The Morgan fingerprint density at radius 1 is 1.07 bits per heavy atom. The third-order valence-electron chi connectivity index (χ3n) is 4.60. The Balaban J connectivity index is 1.95. The lowest BCUT2D eigenvalue weighted by Gasteiger charge is -2.12. The third-order valence-corrected chi connectivity index (χ3v) is 5.63. The summed E-state index contributed by atoms with van der Waals surface area (Å²) in [6, 6.07) is 15.5. The fourth-order valence-electron chi connectivity index (χ4n) is 3.23. The second-order valence-corrected chi connectivity index (χ2v) is 9.39. The Labute approximate surface area is 165 Å². The van der Waals surface area contributed by atoms with Crippen LogP contribution >= 0.6 is 0 Å². The number of benzene rings is 2. The van der Waals surface area contributed by atoms with Crippen LogP contribution in [-0.2, 0) is 9.84 Å². The number of nitrogens with zero attached hydrogens (tertiary/aromatic N) is 1. The normalized spacial score (nSPS) is 11.5. The molecule has 0 saturated carbocycles. The Morgan fingerprint density at radius 2 is 1.82 bits per heavy atom. The molecule has 2 aromatic carbocycles. The Morgan fingerprint density at radius 3 is 2.54 bits per heavy atom. The average molecular weight is 397 g/mol. The molecule has 146 valence electrons. The number of hydrogen-bond donors (Lipinski definition) is 1. The summed E-state index contributed by atoms with van der Waals surface area (Å²) >= 11 is 0. The molecule has 0 spiro atoms. The minimum atomic E-state index is -3.03. The Bertz CT molecular complexity index is 1140. The fraction of sp³-hybridized carbons (Fsp3) is 0.273. The minimum Gasteiger partial charge on any atom is -0.352 e. The minimum absolute atomic E-state index is 0.0538. The van der Waals surface area contributed by atoms with Gasteiger partial charge in [-0.2, -0.15) is 0 Å². The quantitative estimate of drug-likeness (QED) is 0.645. The summed E-state index contributed by atoms with van der Waals surface area (Å²) < 4.78 is 22.5. The number of amides is 1. The third kappa shape index (κ3) is 4.75. The molecule has 1 N–H and O–H groups in total. The predicted octanol–water partition coefficient (Wildman–Crippen LogP) is 3.68. The van der Waals surface area contributed by atoms with Gasteiger partial charge >= 0.3 is 0 Å². The van der Waals surface area contributed by atoms with Gasteiger partial charge in [0.25, 0.3) is 5.91 Å². The second kappa shape index (κ2) is 8.10. The standard InChI is InChI=1S/C22H24N2O3S/c1-15-9-10-17(16(2)13-15)21-14-19(18-7-4-5-8-20(18)24-21)22(25)23-11-6-12-28(3,26)27/h4-5,7-10,13-14H,6,11-12H2,1-3H3,(H,23,25). The summed E-state index contributed by atoms with van der Waals surface area (Å²) in [5.74, 6) is -0.170. The van der Waals surface area contributed by atoms with Gasteiger partial charge in [0.15, 0.2) is 0 Å². The van der Waals surface area contributed by atoms with Gasteiger partial charge in [0, 0.05) is 23.8 Å². The number of aryl methyl sites for hydroxylation is 2. The second-order valence-electron chi connectivity index (χ2n) is 7.13. The van der Waals surface area contributed by atoms with Crippen LogP contribution < -0.4 is 5.32 Å². The van der Waals surface area contributed by atoms with Crippen LogP contribution in [-0.4, -0.2) is 37.9 Å². The number of rotatable bonds is 6. The van der Waals surface area contributed by atoms with Gasteiger partial charge in [0.2, 0.25) is 0 Å². The predicted molar refractivity (Wildman–Crippen MR) is 113 cm³/mol. The van der Waals surface area contributed by atoms with Crippen LogP contribution in [0.5, 0.6) is 0 Å². The first kappa shape index (κ1) is 20.0. The summed E-state index contributed by atoms with van der Waals surface area (Å²) in [6.45, 7) is 4.38. The average Bonchev–Trinajstić information content (AvgIpc) is 2.63. The molecule has 0 bridgehead atoms. The highest BCUT2D eigenvalue weighted by Gasteiger charge is 2.15. The van der Waals surface area contributed by atoms with Crippen molar-refractivity contribution in [1.29, 1.82) is 0 Å². The molecule has 0 fully saturated rings. The summed E-state index contributed by atoms with van der Waals surface area (Å²) in [5.41, 5.74) is 5.30. The molecule has 0 radical (unpaired) electrons. The van der Waals surface area contributed by atoms with Gasteiger partial charge in [-0.15, -0.1) is 0 Å². The van der Waals surface area contributed by atoms with Gasteiger partial charge in [0.1, 0.15) is 9.84 Å². The van der Waals surface area contributed by atoms with Crippen molar-refractivity contribution in [3.8, 4) is 11.3 Å². The number of para-hydroxylation sites is 1. The lowest BCUT2D eigenvalue weighted by Crippen LogP contribution is -2.26. The highest BCUT2D eigenvalue weighted by Crippen LogP contribution is 2.27. The lowest BCUT2D eigenvalue weighted by atomic mass is 9.99. The molecule has 0 aliphatic rings. The number of hydrogen-bond acceptors (Lipinski definition) is 4. The van der Waals surface area contributed by atoms with E-state index in [4.69, 9.17) is 4.98 Å². The number of pyridine rings is 1. The number of nitrogens with one attached hydrogen (secondary N) is 1.